The van der Waals surface area contributed by atoms with Gasteiger partial charge in [0.25, 0.3) is 5.91 Å². The normalized spacial score (nSPS) is 10.3. The fraction of sp³-hybridized carbons (Fsp3) is 0.182. The summed E-state index contributed by atoms with van der Waals surface area (Å²) >= 11 is 0. The summed E-state index contributed by atoms with van der Waals surface area (Å²) in [5, 5.41) is 6.20. The van der Waals surface area contributed by atoms with Crippen molar-refractivity contribution in [3.8, 4) is 5.75 Å². The molecule has 3 aromatic rings. The maximum absolute atomic E-state index is 12.2. The number of rotatable bonds is 8. The van der Waals surface area contributed by atoms with Gasteiger partial charge < -0.3 is 15.4 Å². The van der Waals surface area contributed by atoms with Crippen molar-refractivity contribution in [1.82, 2.24) is 10.3 Å². The number of amides is 1. The number of hydrogen-bond donors (Lipinski definition) is 2. The first-order valence-electron chi connectivity index (χ1n) is 8.89. The molecule has 0 radical (unpaired) electrons. The number of methoxy groups -OCH3 is 1. The Morgan fingerprint density at radius 3 is 2.41 bits per heavy atom. The van der Waals surface area contributed by atoms with Gasteiger partial charge in [-0.1, -0.05) is 42.5 Å². The monoisotopic (exact) mass is 361 g/mol. The Morgan fingerprint density at radius 2 is 1.74 bits per heavy atom. The molecule has 0 fully saturated rings. The Hall–Kier alpha value is -3.34. The zero-order valence-electron chi connectivity index (χ0n) is 15.3. The first-order valence-corrected chi connectivity index (χ1v) is 8.89. The number of nitrogens with one attached hydrogen (secondary N) is 2. The molecule has 2 aromatic carbocycles. The molecule has 0 spiro atoms. The predicted octanol–water partition coefficient (Wildman–Crippen LogP) is 3.67. The maximum Gasteiger partial charge on any atom is 0.269 e. The third-order valence-electron chi connectivity index (χ3n) is 4.19. The highest BCUT2D eigenvalue weighted by Crippen LogP contribution is 2.13. The zero-order chi connectivity index (χ0) is 18.9. The SMILES string of the molecule is COc1ccc(CNc2ccc(C(=O)NCCc3ccccc3)nc2)cc1. The van der Waals surface area contributed by atoms with E-state index < -0.39 is 0 Å². The Bertz CT molecular complexity index is 847. The van der Waals surface area contributed by atoms with Crippen molar-refractivity contribution in [2.45, 2.75) is 13.0 Å². The number of benzene rings is 2. The second-order valence-electron chi connectivity index (χ2n) is 6.13. The minimum absolute atomic E-state index is 0.160. The van der Waals surface area contributed by atoms with Crippen molar-refractivity contribution in [3.05, 3.63) is 89.7 Å². The van der Waals surface area contributed by atoms with Crippen LogP contribution in [0.5, 0.6) is 5.75 Å². The van der Waals surface area contributed by atoms with E-state index in [4.69, 9.17) is 4.74 Å². The summed E-state index contributed by atoms with van der Waals surface area (Å²) in [4.78, 5) is 16.4. The van der Waals surface area contributed by atoms with Crippen molar-refractivity contribution in [2.75, 3.05) is 19.0 Å². The van der Waals surface area contributed by atoms with Crippen LogP contribution in [-0.2, 0) is 13.0 Å². The second kappa shape index (κ2) is 9.38. The molecule has 0 aliphatic carbocycles. The van der Waals surface area contributed by atoms with E-state index in [0.29, 0.717) is 18.8 Å². The number of hydrogen-bond acceptors (Lipinski definition) is 4. The van der Waals surface area contributed by atoms with E-state index in [1.807, 2.05) is 60.7 Å². The van der Waals surface area contributed by atoms with Gasteiger partial charge >= 0.3 is 0 Å². The Morgan fingerprint density at radius 1 is 0.963 bits per heavy atom. The van der Waals surface area contributed by atoms with Gasteiger partial charge in [0.1, 0.15) is 11.4 Å². The first-order chi connectivity index (χ1) is 13.2. The molecule has 5 nitrogen and oxygen atoms in total. The van der Waals surface area contributed by atoms with Crippen LogP contribution in [0.1, 0.15) is 21.6 Å². The highest BCUT2D eigenvalue weighted by atomic mass is 16.5. The van der Waals surface area contributed by atoms with Gasteiger partial charge in [0.15, 0.2) is 0 Å². The van der Waals surface area contributed by atoms with Gasteiger partial charge in [0.2, 0.25) is 0 Å². The molecule has 0 saturated heterocycles. The Labute approximate surface area is 159 Å². The van der Waals surface area contributed by atoms with Gasteiger partial charge in [-0.2, -0.15) is 0 Å². The molecule has 0 unspecified atom stereocenters. The number of nitrogens with zero attached hydrogens (tertiary/aromatic N) is 1. The highest BCUT2D eigenvalue weighted by Gasteiger charge is 2.06. The summed E-state index contributed by atoms with van der Waals surface area (Å²) in [5.74, 6) is 0.677. The molecule has 0 aliphatic rings. The van der Waals surface area contributed by atoms with E-state index in [1.165, 1.54) is 5.56 Å². The summed E-state index contributed by atoms with van der Waals surface area (Å²) in [6, 6.07) is 21.5. The Kier molecular flexibility index (Phi) is 6.41. The van der Waals surface area contributed by atoms with Gasteiger partial charge in [-0.25, -0.2) is 4.98 Å². The van der Waals surface area contributed by atoms with Crippen molar-refractivity contribution < 1.29 is 9.53 Å². The Balaban J connectivity index is 1.46. The van der Waals surface area contributed by atoms with E-state index in [1.54, 1.807) is 19.4 Å². The summed E-state index contributed by atoms with van der Waals surface area (Å²) in [7, 11) is 1.65. The quantitative estimate of drug-likeness (QED) is 0.642. The fourth-order valence-corrected chi connectivity index (χ4v) is 2.64. The van der Waals surface area contributed by atoms with E-state index in [0.717, 1.165) is 23.4 Å². The molecule has 5 heteroatoms. The summed E-state index contributed by atoms with van der Waals surface area (Å²) in [5.41, 5.74) is 3.62. The third-order valence-corrected chi connectivity index (χ3v) is 4.19. The van der Waals surface area contributed by atoms with Crippen molar-refractivity contribution >= 4 is 11.6 Å². The van der Waals surface area contributed by atoms with Crippen LogP contribution in [-0.4, -0.2) is 24.5 Å². The predicted molar refractivity (Wildman–Crippen MR) is 107 cm³/mol. The van der Waals surface area contributed by atoms with Crippen molar-refractivity contribution in [1.29, 1.82) is 0 Å². The van der Waals surface area contributed by atoms with Gasteiger partial charge in [-0.15, -0.1) is 0 Å². The third kappa shape index (κ3) is 5.57. The highest BCUT2D eigenvalue weighted by molar-refractivity contribution is 5.92. The minimum atomic E-state index is -0.160. The lowest BCUT2D eigenvalue weighted by atomic mass is 10.1. The summed E-state index contributed by atoms with van der Waals surface area (Å²) < 4.78 is 5.15. The van der Waals surface area contributed by atoms with Crippen molar-refractivity contribution in [3.63, 3.8) is 0 Å². The molecule has 1 heterocycles. The maximum atomic E-state index is 12.2. The van der Waals surface area contributed by atoms with E-state index >= 15 is 0 Å². The topological polar surface area (TPSA) is 63.2 Å². The molecule has 2 N–H and O–H groups in total. The van der Waals surface area contributed by atoms with Crippen LogP contribution in [0.4, 0.5) is 5.69 Å². The van der Waals surface area contributed by atoms with Gasteiger partial charge in [0, 0.05) is 13.1 Å². The van der Waals surface area contributed by atoms with E-state index in [-0.39, 0.29) is 5.91 Å². The number of carbonyl (C=O) groups excluding carboxylic acids is 1. The number of anilines is 1. The van der Waals surface area contributed by atoms with Crippen LogP contribution in [0.2, 0.25) is 0 Å². The molecule has 1 aromatic heterocycles. The molecular weight excluding hydrogens is 338 g/mol. The van der Waals surface area contributed by atoms with Gasteiger partial charge in [-0.3, -0.25) is 4.79 Å². The summed E-state index contributed by atoms with van der Waals surface area (Å²) in [6.07, 6.45) is 2.48. The van der Waals surface area contributed by atoms with Gasteiger partial charge in [0.05, 0.1) is 19.0 Å². The zero-order valence-corrected chi connectivity index (χ0v) is 15.3. The molecule has 27 heavy (non-hydrogen) atoms. The molecular formula is C22H23N3O2. The number of aromatic nitrogens is 1. The smallest absolute Gasteiger partial charge is 0.269 e. The van der Waals surface area contributed by atoms with Crippen LogP contribution in [0.3, 0.4) is 0 Å². The van der Waals surface area contributed by atoms with Gasteiger partial charge in [-0.05, 0) is 41.8 Å². The molecule has 0 bridgehead atoms. The number of pyridine rings is 1. The molecule has 3 rings (SSSR count). The molecule has 1 amide bonds. The fourth-order valence-electron chi connectivity index (χ4n) is 2.64. The van der Waals surface area contributed by atoms with Crippen molar-refractivity contribution in [2.24, 2.45) is 0 Å². The van der Waals surface area contributed by atoms with Crippen LogP contribution in [0.25, 0.3) is 0 Å². The largest absolute Gasteiger partial charge is 0.497 e. The van der Waals surface area contributed by atoms with Crippen LogP contribution in [0, 0.1) is 0 Å². The number of ether oxygens (including phenoxy) is 1. The van der Waals surface area contributed by atoms with Crippen LogP contribution < -0.4 is 15.4 Å². The minimum Gasteiger partial charge on any atom is -0.497 e. The van der Waals surface area contributed by atoms with Crippen LogP contribution in [0.15, 0.2) is 72.9 Å². The van der Waals surface area contributed by atoms with E-state index in [9.17, 15) is 4.79 Å². The van der Waals surface area contributed by atoms with E-state index in [2.05, 4.69) is 15.6 Å². The average molecular weight is 361 g/mol. The lowest BCUT2D eigenvalue weighted by Crippen LogP contribution is -2.26. The summed E-state index contributed by atoms with van der Waals surface area (Å²) in [6.45, 7) is 1.26. The van der Waals surface area contributed by atoms with Crippen LogP contribution >= 0.6 is 0 Å². The second-order valence-corrected chi connectivity index (χ2v) is 6.13. The average Bonchev–Trinajstić information content (AvgIpc) is 2.73. The number of carbonyl (C=O) groups is 1. The molecule has 0 atom stereocenters. The first kappa shape index (κ1) is 18.5. The molecule has 0 saturated carbocycles. The lowest BCUT2D eigenvalue weighted by Gasteiger charge is -2.08. The lowest BCUT2D eigenvalue weighted by molar-refractivity contribution is 0.0949. The molecule has 0 aliphatic heterocycles. The molecule has 138 valence electrons. The standard InChI is InChI=1S/C22H23N3O2/c1-27-20-10-7-18(8-11-20)15-24-19-9-12-21(25-16-19)22(26)23-14-13-17-5-3-2-4-6-17/h2-12,16,24H,13-15H2,1H3,(H,23,26).